The third-order valence-corrected chi connectivity index (χ3v) is 2.59. The van der Waals surface area contributed by atoms with Crippen molar-refractivity contribution in [2.24, 2.45) is 0 Å². The minimum atomic E-state index is -1.32. The van der Waals surface area contributed by atoms with Crippen LogP contribution in [0.4, 0.5) is 0 Å². The first-order chi connectivity index (χ1) is 11.0. The number of carboxylic acids is 2. The van der Waals surface area contributed by atoms with E-state index in [1.54, 1.807) is 0 Å². The molecule has 0 fully saturated rings. The molecular weight excluding hydrogens is 484 g/mol. The van der Waals surface area contributed by atoms with E-state index < -0.39 is 46.4 Å². The van der Waals surface area contributed by atoms with E-state index in [1.165, 1.54) is 0 Å². The molecule has 0 aliphatic heterocycles. The zero-order chi connectivity index (χ0) is 18.6. The van der Waals surface area contributed by atoms with Gasteiger partial charge in [-0.1, -0.05) is 0 Å². The molecule has 0 spiro atoms. The maximum Gasteiger partial charge on any atom is 1.00 e. The van der Waals surface area contributed by atoms with Gasteiger partial charge in [0.1, 0.15) is 23.0 Å². The molecule has 0 atom stereocenters. The van der Waals surface area contributed by atoms with Crippen LogP contribution >= 0.6 is 0 Å². The van der Waals surface area contributed by atoms with E-state index in [1.807, 2.05) is 0 Å². The van der Waals surface area contributed by atoms with Gasteiger partial charge in [-0.05, 0) is 35.8 Å². The fourth-order valence-corrected chi connectivity index (χ4v) is 1.44. The predicted molar refractivity (Wildman–Crippen MR) is 72.4 cm³/mol. The molecule has 10 nitrogen and oxygen atoms in total. The molecule has 0 saturated heterocycles. The summed E-state index contributed by atoms with van der Waals surface area (Å²) in [5, 5.41) is 73.3. The first-order valence-electron chi connectivity index (χ1n) is 5.97. The molecule has 0 unspecified atom stereocenters. The van der Waals surface area contributed by atoms with Crippen molar-refractivity contribution in [3.8, 4) is 34.5 Å². The van der Waals surface area contributed by atoms with E-state index >= 15 is 0 Å². The molecule has 2 aromatic carbocycles. The summed E-state index contributed by atoms with van der Waals surface area (Å²) in [7, 11) is 0. The Kier molecular flexibility index (Phi) is 12.5. The molecule has 128 valence electrons. The standard InChI is InChI=1S/2C7H6O5.Cs.Na/c2*8-4-1-3(7(11)12)2-5(9)6(4)10;;/h2*1-2,8-10H,(H,11,12);;/q;;2*+1/p-2. The van der Waals surface area contributed by atoms with E-state index in [4.69, 9.17) is 30.6 Å². The van der Waals surface area contributed by atoms with E-state index in [0.29, 0.717) is 0 Å². The van der Waals surface area contributed by atoms with Gasteiger partial charge in [0.05, 0.1) is 11.1 Å². The fourth-order valence-electron chi connectivity index (χ4n) is 1.44. The predicted octanol–water partition coefficient (Wildman–Crippen LogP) is -6.25. The average molecular weight is 494 g/mol. The number of hydrogen-bond donors (Lipinski definition) is 6. The molecule has 0 radical (unpaired) electrons. The van der Waals surface area contributed by atoms with Gasteiger partial charge in [-0.2, -0.15) is 0 Å². The molecule has 12 heteroatoms. The minimum Gasteiger partial charge on any atom is -0.867 e. The number of hydrogen-bond acceptors (Lipinski definition) is 8. The first kappa shape index (κ1) is 27.5. The van der Waals surface area contributed by atoms with Crippen molar-refractivity contribution in [3.63, 3.8) is 0 Å². The number of phenolic OH excluding ortho intramolecular Hbond substituents is 4. The quantitative estimate of drug-likeness (QED) is 0.218. The van der Waals surface area contributed by atoms with Gasteiger partial charge in [-0.15, -0.1) is 0 Å². The van der Waals surface area contributed by atoms with Crippen LogP contribution in [0.3, 0.4) is 0 Å². The normalized spacial score (nSPS) is 8.92. The monoisotopic (exact) mass is 494 g/mol. The Balaban J connectivity index is 0. The van der Waals surface area contributed by atoms with Crippen molar-refractivity contribution in [2.45, 2.75) is 0 Å². The maximum atomic E-state index is 10.7. The van der Waals surface area contributed by atoms with E-state index in [2.05, 4.69) is 0 Å². The summed E-state index contributed by atoms with van der Waals surface area (Å²) in [6, 6.07) is 3.13. The van der Waals surface area contributed by atoms with Gasteiger partial charge in [0.2, 0.25) is 0 Å². The van der Waals surface area contributed by atoms with Crippen LogP contribution < -0.4 is 109 Å². The smallest absolute Gasteiger partial charge is 0.867 e. The van der Waals surface area contributed by atoms with Crippen LogP contribution in [0.25, 0.3) is 0 Å². The van der Waals surface area contributed by atoms with Crippen molar-refractivity contribution in [1.29, 1.82) is 0 Å². The Morgan fingerprint density at radius 3 is 1.00 bits per heavy atom. The molecule has 0 bridgehead atoms. The summed E-state index contributed by atoms with van der Waals surface area (Å²) < 4.78 is 0. The second kappa shape index (κ2) is 11.8. The Hall–Kier alpha value is -0.768. The number of aromatic hydroxyl groups is 4. The summed E-state index contributed by atoms with van der Waals surface area (Å²) in [5.74, 6) is -7.67. The fraction of sp³-hybridized carbons (Fsp3) is 0. The van der Waals surface area contributed by atoms with E-state index in [0.717, 1.165) is 24.3 Å². The number of benzene rings is 2. The van der Waals surface area contributed by atoms with Crippen LogP contribution in [0.15, 0.2) is 24.3 Å². The van der Waals surface area contributed by atoms with Gasteiger partial charge in [0, 0.05) is 0 Å². The van der Waals surface area contributed by atoms with Crippen molar-refractivity contribution >= 4 is 11.9 Å². The van der Waals surface area contributed by atoms with Crippen LogP contribution in [0.1, 0.15) is 20.7 Å². The van der Waals surface area contributed by atoms with Gasteiger partial charge in [0.25, 0.3) is 0 Å². The third kappa shape index (κ3) is 7.46. The largest absolute Gasteiger partial charge is 1.00 e. The molecule has 6 N–H and O–H groups in total. The van der Waals surface area contributed by atoms with Crippen molar-refractivity contribution in [1.82, 2.24) is 0 Å². The zero-order valence-electron chi connectivity index (χ0n) is 13.6. The summed E-state index contributed by atoms with van der Waals surface area (Å²) in [6.45, 7) is 0. The molecule has 0 aliphatic carbocycles. The number of rotatable bonds is 2. The molecule has 0 aliphatic rings. The summed E-state index contributed by atoms with van der Waals surface area (Å²) in [5.41, 5.74) is -0.658. The Morgan fingerprint density at radius 2 is 0.846 bits per heavy atom. The van der Waals surface area contributed by atoms with Gasteiger partial charge >= 0.3 is 110 Å². The summed E-state index contributed by atoms with van der Waals surface area (Å²) in [4.78, 5) is 20.6. The molecule has 26 heavy (non-hydrogen) atoms. The summed E-state index contributed by atoms with van der Waals surface area (Å²) >= 11 is 0. The van der Waals surface area contributed by atoms with Crippen LogP contribution in [0, 0.1) is 0 Å². The minimum absolute atomic E-state index is 0. The Morgan fingerprint density at radius 1 is 0.654 bits per heavy atom. The zero-order valence-corrected chi connectivity index (χ0v) is 21.9. The Labute approximate surface area is 227 Å². The van der Waals surface area contributed by atoms with Gasteiger partial charge in [-0.3, -0.25) is 0 Å². The number of carbonyl (C=O) groups is 2. The van der Waals surface area contributed by atoms with E-state index in [-0.39, 0.29) is 110 Å². The SMILES string of the molecule is O=C(O)c1cc(O)c([O-])c(O)c1.O=C(O)c1cc(O)c([O-])c(O)c1.[Cs+].[Na+]. The van der Waals surface area contributed by atoms with E-state index in [9.17, 15) is 19.8 Å². The second-order valence-electron chi connectivity index (χ2n) is 4.30. The Bertz CT molecular complexity index is 695. The second-order valence-corrected chi connectivity index (χ2v) is 4.30. The van der Waals surface area contributed by atoms with Crippen LogP contribution in [-0.4, -0.2) is 42.6 Å². The molecule has 0 heterocycles. The molecule has 2 rings (SSSR count). The average Bonchev–Trinajstić information content (AvgIpc) is 2.49. The van der Waals surface area contributed by atoms with Gasteiger partial charge < -0.3 is 40.9 Å². The molecule has 2 aromatic rings. The number of carboxylic acid groups (broad SMARTS) is 2. The molecular formula is C14H10CsNaO10. The van der Waals surface area contributed by atoms with Crippen LogP contribution in [-0.2, 0) is 0 Å². The van der Waals surface area contributed by atoms with Crippen molar-refractivity contribution in [3.05, 3.63) is 35.4 Å². The third-order valence-electron chi connectivity index (χ3n) is 2.59. The van der Waals surface area contributed by atoms with Crippen molar-refractivity contribution in [2.75, 3.05) is 0 Å². The molecule has 0 aromatic heterocycles. The van der Waals surface area contributed by atoms with Gasteiger partial charge in [-0.25, -0.2) is 9.59 Å². The molecule has 0 saturated carbocycles. The molecule has 0 amide bonds. The maximum absolute atomic E-state index is 10.7. The topological polar surface area (TPSA) is 202 Å². The van der Waals surface area contributed by atoms with Gasteiger partial charge in [0.15, 0.2) is 0 Å². The number of aromatic carboxylic acids is 2. The van der Waals surface area contributed by atoms with Crippen LogP contribution in [0.2, 0.25) is 0 Å². The summed E-state index contributed by atoms with van der Waals surface area (Å²) in [6.07, 6.45) is 0. The first-order valence-corrected chi connectivity index (χ1v) is 5.97. The number of phenols is 4. The van der Waals surface area contributed by atoms with Crippen molar-refractivity contribution < 1.29 is 149 Å². The van der Waals surface area contributed by atoms with Crippen LogP contribution in [0.5, 0.6) is 34.5 Å².